The molecule has 0 saturated heterocycles. The zero-order valence-electron chi connectivity index (χ0n) is 12.0. The van der Waals surface area contributed by atoms with Crippen molar-refractivity contribution in [2.45, 2.75) is 52.1 Å². The first-order valence-electron chi connectivity index (χ1n) is 7.23. The lowest BCUT2D eigenvalue weighted by molar-refractivity contribution is 0.0696. The summed E-state index contributed by atoms with van der Waals surface area (Å²) < 4.78 is 0. The number of rotatable bonds is 5. The van der Waals surface area contributed by atoms with Crippen molar-refractivity contribution in [3.05, 3.63) is 34.9 Å². The van der Waals surface area contributed by atoms with Gasteiger partial charge in [-0.25, -0.2) is 4.79 Å². The van der Waals surface area contributed by atoms with Gasteiger partial charge in [-0.05, 0) is 49.6 Å². The third-order valence-electron chi connectivity index (χ3n) is 4.20. The van der Waals surface area contributed by atoms with Crippen LogP contribution in [0.25, 0.3) is 0 Å². The number of hydrogen-bond donors (Lipinski definition) is 1. The van der Waals surface area contributed by atoms with Crippen LogP contribution in [0.1, 0.15) is 73.6 Å². The van der Waals surface area contributed by atoms with E-state index in [4.69, 9.17) is 5.11 Å². The lowest BCUT2D eigenvalue weighted by Gasteiger charge is -2.28. The second kappa shape index (κ2) is 5.74. The van der Waals surface area contributed by atoms with Crippen LogP contribution in [-0.2, 0) is 0 Å². The SMILES string of the molecule is CCCCN1C(C)c2ccc(C(=O)O)cc2C1CC. The van der Waals surface area contributed by atoms with E-state index in [1.54, 1.807) is 6.07 Å². The maximum absolute atomic E-state index is 11.1. The van der Waals surface area contributed by atoms with Crippen LogP contribution >= 0.6 is 0 Å². The summed E-state index contributed by atoms with van der Waals surface area (Å²) in [6.07, 6.45) is 3.42. The van der Waals surface area contributed by atoms with Crippen molar-refractivity contribution in [2.75, 3.05) is 6.54 Å². The molecule has 0 aromatic heterocycles. The standard InChI is InChI=1S/C16H23NO2/c1-4-6-9-17-11(3)13-8-7-12(16(18)19)10-14(13)15(17)5-2/h7-8,10-11,15H,4-6,9H2,1-3H3,(H,18,19). The van der Waals surface area contributed by atoms with Gasteiger partial charge in [0.15, 0.2) is 0 Å². The van der Waals surface area contributed by atoms with Gasteiger partial charge in [0.25, 0.3) is 0 Å². The molecule has 19 heavy (non-hydrogen) atoms. The Hall–Kier alpha value is -1.35. The second-order valence-corrected chi connectivity index (χ2v) is 5.34. The summed E-state index contributed by atoms with van der Waals surface area (Å²) >= 11 is 0. The summed E-state index contributed by atoms with van der Waals surface area (Å²) in [6, 6.07) is 6.37. The zero-order chi connectivity index (χ0) is 14.0. The monoisotopic (exact) mass is 261 g/mol. The molecule has 0 saturated carbocycles. The topological polar surface area (TPSA) is 40.5 Å². The van der Waals surface area contributed by atoms with Gasteiger partial charge < -0.3 is 5.11 Å². The van der Waals surface area contributed by atoms with Gasteiger partial charge in [-0.1, -0.05) is 26.3 Å². The van der Waals surface area contributed by atoms with Gasteiger partial charge in [0, 0.05) is 12.1 Å². The fourth-order valence-electron chi connectivity index (χ4n) is 3.15. The molecule has 0 fully saturated rings. The largest absolute Gasteiger partial charge is 0.478 e. The van der Waals surface area contributed by atoms with Crippen LogP contribution in [0, 0.1) is 0 Å². The van der Waals surface area contributed by atoms with E-state index in [9.17, 15) is 4.79 Å². The third-order valence-corrected chi connectivity index (χ3v) is 4.20. The Morgan fingerprint density at radius 1 is 1.32 bits per heavy atom. The molecule has 0 bridgehead atoms. The number of unbranched alkanes of at least 4 members (excludes halogenated alkanes) is 1. The van der Waals surface area contributed by atoms with Crippen molar-refractivity contribution in [1.29, 1.82) is 0 Å². The molecular weight excluding hydrogens is 238 g/mol. The van der Waals surface area contributed by atoms with Gasteiger partial charge in [-0.2, -0.15) is 0 Å². The van der Waals surface area contributed by atoms with Crippen molar-refractivity contribution in [1.82, 2.24) is 4.90 Å². The molecule has 2 unspecified atom stereocenters. The average Bonchev–Trinajstić information content (AvgIpc) is 2.68. The van der Waals surface area contributed by atoms with E-state index < -0.39 is 5.97 Å². The number of carbonyl (C=O) groups is 1. The average molecular weight is 261 g/mol. The minimum absolute atomic E-state index is 0.371. The summed E-state index contributed by atoms with van der Waals surface area (Å²) in [5.41, 5.74) is 2.92. The Kier molecular flexibility index (Phi) is 4.25. The Balaban J connectivity index is 2.35. The van der Waals surface area contributed by atoms with E-state index in [0.29, 0.717) is 17.6 Å². The number of fused-ring (bicyclic) bond motifs is 1. The maximum atomic E-state index is 11.1. The summed E-state index contributed by atoms with van der Waals surface area (Å²) in [4.78, 5) is 13.6. The van der Waals surface area contributed by atoms with E-state index >= 15 is 0 Å². The molecule has 104 valence electrons. The highest BCUT2D eigenvalue weighted by Crippen LogP contribution is 2.43. The molecule has 1 aromatic rings. The quantitative estimate of drug-likeness (QED) is 0.870. The fourth-order valence-corrected chi connectivity index (χ4v) is 3.15. The number of carboxylic acids is 1. The third kappa shape index (κ3) is 2.52. The molecule has 0 amide bonds. The van der Waals surface area contributed by atoms with Crippen molar-refractivity contribution < 1.29 is 9.90 Å². The van der Waals surface area contributed by atoms with Gasteiger partial charge in [0.1, 0.15) is 0 Å². The molecule has 3 nitrogen and oxygen atoms in total. The minimum Gasteiger partial charge on any atom is -0.478 e. The summed E-state index contributed by atoms with van der Waals surface area (Å²) in [7, 11) is 0. The molecule has 1 N–H and O–H groups in total. The van der Waals surface area contributed by atoms with Gasteiger partial charge in [-0.15, -0.1) is 0 Å². The van der Waals surface area contributed by atoms with Crippen LogP contribution in [0.4, 0.5) is 0 Å². The maximum Gasteiger partial charge on any atom is 0.335 e. The molecule has 0 aliphatic carbocycles. The Labute approximate surface area is 115 Å². The Bertz CT molecular complexity index is 470. The zero-order valence-corrected chi connectivity index (χ0v) is 12.0. The Morgan fingerprint density at radius 3 is 2.63 bits per heavy atom. The summed E-state index contributed by atoms with van der Waals surface area (Å²) in [6.45, 7) is 7.70. The predicted octanol–water partition coefficient (Wildman–Crippen LogP) is 4.01. The normalized spacial score (nSPS) is 22.5. The van der Waals surface area contributed by atoms with E-state index in [1.807, 2.05) is 12.1 Å². The predicted molar refractivity (Wildman–Crippen MR) is 76.5 cm³/mol. The van der Waals surface area contributed by atoms with Gasteiger partial charge in [-0.3, -0.25) is 4.90 Å². The van der Waals surface area contributed by atoms with Crippen LogP contribution in [-0.4, -0.2) is 22.5 Å². The van der Waals surface area contributed by atoms with E-state index in [1.165, 1.54) is 24.0 Å². The number of aromatic carboxylic acids is 1. The highest BCUT2D eigenvalue weighted by Gasteiger charge is 2.34. The number of nitrogens with zero attached hydrogens (tertiary/aromatic N) is 1. The van der Waals surface area contributed by atoms with Gasteiger partial charge >= 0.3 is 5.97 Å². The first-order chi connectivity index (χ1) is 9.10. The molecule has 0 spiro atoms. The molecule has 1 aliphatic rings. The number of hydrogen-bond acceptors (Lipinski definition) is 2. The van der Waals surface area contributed by atoms with E-state index in [-0.39, 0.29) is 0 Å². The lowest BCUT2D eigenvalue weighted by atomic mass is 9.98. The highest BCUT2D eigenvalue weighted by atomic mass is 16.4. The molecular formula is C16H23NO2. The van der Waals surface area contributed by atoms with Crippen LogP contribution in [0.3, 0.4) is 0 Å². The summed E-state index contributed by atoms with van der Waals surface area (Å²) in [5, 5.41) is 9.13. The number of benzene rings is 1. The lowest BCUT2D eigenvalue weighted by Crippen LogP contribution is -2.25. The minimum atomic E-state index is -0.836. The molecule has 0 radical (unpaired) electrons. The van der Waals surface area contributed by atoms with Crippen LogP contribution in [0.2, 0.25) is 0 Å². The van der Waals surface area contributed by atoms with Crippen molar-refractivity contribution in [3.63, 3.8) is 0 Å². The van der Waals surface area contributed by atoms with Crippen LogP contribution in [0.5, 0.6) is 0 Å². The van der Waals surface area contributed by atoms with Crippen molar-refractivity contribution in [3.8, 4) is 0 Å². The first-order valence-corrected chi connectivity index (χ1v) is 7.23. The first kappa shape index (κ1) is 14.1. The molecule has 2 atom stereocenters. The molecule has 3 heteroatoms. The van der Waals surface area contributed by atoms with Crippen LogP contribution in [0.15, 0.2) is 18.2 Å². The summed E-state index contributed by atoms with van der Waals surface area (Å²) in [5.74, 6) is -0.836. The second-order valence-electron chi connectivity index (χ2n) is 5.34. The molecule has 2 rings (SSSR count). The van der Waals surface area contributed by atoms with E-state index in [2.05, 4.69) is 25.7 Å². The van der Waals surface area contributed by atoms with E-state index in [0.717, 1.165) is 13.0 Å². The Morgan fingerprint density at radius 2 is 2.05 bits per heavy atom. The van der Waals surface area contributed by atoms with Gasteiger partial charge in [0.05, 0.1) is 5.56 Å². The fraction of sp³-hybridized carbons (Fsp3) is 0.562. The highest BCUT2D eigenvalue weighted by molar-refractivity contribution is 5.88. The van der Waals surface area contributed by atoms with Crippen molar-refractivity contribution >= 4 is 5.97 Å². The molecule has 1 heterocycles. The number of carboxylic acid groups (broad SMARTS) is 1. The van der Waals surface area contributed by atoms with Crippen LogP contribution < -0.4 is 0 Å². The molecule has 1 aromatic carbocycles. The van der Waals surface area contributed by atoms with Crippen molar-refractivity contribution in [2.24, 2.45) is 0 Å². The smallest absolute Gasteiger partial charge is 0.335 e. The van der Waals surface area contributed by atoms with Gasteiger partial charge in [0.2, 0.25) is 0 Å². The molecule has 1 aliphatic heterocycles.